The highest BCUT2D eigenvalue weighted by atomic mass is 14.6. The molecule has 0 aliphatic rings. The summed E-state index contributed by atoms with van der Waals surface area (Å²) in [5.41, 5.74) is 2.13. The molecule has 0 spiro atoms. The molecule has 13 heavy (non-hydrogen) atoms. The molecule has 1 rings (SSSR count). The van der Waals surface area contributed by atoms with Gasteiger partial charge in [-0.15, -0.1) is 0 Å². The first-order valence-corrected chi connectivity index (χ1v) is 4.01. The van der Waals surface area contributed by atoms with Crippen LogP contribution in [0.25, 0.3) is 6.08 Å². The lowest BCUT2D eigenvalue weighted by molar-refractivity contribution is 1.32. The molecule has 0 aromatic carbocycles. The van der Waals surface area contributed by atoms with Gasteiger partial charge in [0.15, 0.2) is 0 Å². The Kier molecular flexibility index (Phi) is 6.16. The van der Waals surface area contributed by atoms with Crippen molar-refractivity contribution in [2.45, 2.75) is 6.92 Å². The van der Waals surface area contributed by atoms with Crippen LogP contribution in [0.3, 0.4) is 0 Å². The minimum absolute atomic E-state index is 1.02. The van der Waals surface area contributed by atoms with Crippen LogP contribution in [0.15, 0.2) is 55.9 Å². The zero-order chi connectivity index (χ0) is 10.1. The van der Waals surface area contributed by atoms with Crippen molar-refractivity contribution in [2.75, 3.05) is 0 Å². The number of pyridine rings is 1. The van der Waals surface area contributed by atoms with Gasteiger partial charge in [0.05, 0.1) is 0 Å². The number of allylic oxidation sites excluding steroid dienone is 2. The molecule has 0 N–H and O–H groups in total. The molecule has 0 aliphatic heterocycles. The van der Waals surface area contributed by atoms with Crippen molar-refractivity contribution in [3.8, 4) is 0 Å². The van der Waals surface area contributed by atoms with Gasteiger partial charge in [0, 0.05) is 12.4 Å². The summed E-state index contributed by atoms with van der Waals surface area (Å²) in [5, 5.41) is 0. The maximum absolute atomic E-state index is 3.85. The van der Waals surface area contributed by atoms with Crippen molar-refractivity contribution < 1.29 is 0 Å². The monoisotopic (exact) mass is 173 g/mol. The fourth-order valence-corrected chi connectivity index (χ4v) is 0.500. The predicted octanol–water partition coefficient (Wildman–Crippen LogP) is 3.47. The molecule has 0 atom stereocenters. The zero-order valence-electron chi connectivity index (χ0n) is 8.03. The minimum Gasteiger partial charge on any atom is -0.265 e. The van der Waals surface area contributed by atoms with Crippen molar-refractivity contribution in [1.82, 2.24) is 4.98 Å². The predicted molar refractivity (Wildman–Crippen MR) is 59.3 cm³/mol. The number of aromatic nitrogens is 1. The summed E-state index contributed by atoms with van der Waals surface area (Å²) >= 11 is 0. The largest absolute Gasteiger partial charge is 0.265 e. The highest BCUT2D eigenvalue weighted by Crippen LogP contribution is 1.94. The van der Waals surface area contributed by atoms with Gasteiger partial charge in [-0.2, -0.15) is 0 Å². The normalized spacial score (nSPS) is 7.77. The van der Waals surface area contributed by atoms with Crippen LogP contribution in [-0.4, -0.2) is 4.98 Å². The number of hydrogen-bond acceptors (Lipinski definition) is 1. The summed E-state index contributed by atoms with van der Waals surface area (Å²) in [5.74, 6) is 0. The zero-order valence-corrected chi connectivity index (χ0v) is 8.03. The maximum atomic E-state index is 3.85. The third kappa shape index (κ3) is 6.76. The Balaban J connectivity index is 0.000000252. The molecule has 68 valence electrons. The smallest absolute Gasteiger partial charge is 0.0273 e. The van der Waals surface area contributed by atoms with E-state index in [4.69, 9.17) is 0 Å². The molecule has 0 saturated carbocycles. The van der Waals surface area contributed by atoms with E-state index in [1.54, 1.807) is 24.5 Å². The van der Waals surface area contributed by atoms with Crippen LogP contribution in [0.5, 0.6) is 0 Å². The molecule has 0 unspecified atom stereocenters. The summed E-state index contributed by atoms with van der Waals surface area (Å²) < 4.78 is 0. The first kappa shape index (κ1) is 11.4. The number of hydrogen-bond donors (Lipinski definition) is 0. The molecule has 1 heteroatoms. The van der Waals surface area contributed by atoms with Gasteiger partial charge in [0.25, 0.3) is 0 Å². The highest BCUT2D eigenvalue weighted by Gasteiger charge is 1.76. The molecule has 0 amide bonds. The SMILES string of the molecule is C=CC(=C)C.C=Cc1ccncc1. The lowest BCUT2D eigenvalue weighted by Gasteiger charge is -1.84. The fraction of sp³-hybridized carbons (Fsp3) is 0.0833. The van der Waals surface area contributed by atoms with E-state index in [0.717, 1.165) is 11.1 Å². The van der Waals surface area contributed by atoms with Gasteiger partial charge in [-0.1, -0.05) is 37.5 Å². The van der Waals surface area contributed by atoms with Gasteiger partial charge >= 0.3 is 0 Å². The minimum atomic E-state index is 1.02. The van der Waals surface area contributed by atoms with Gasteiger partial charge in [-0.3, -0.25) is 4.98 Å². The Labute approximate surface area is 80.1 Å². The summed E-state index contributed by atoms with van der Waals surface area (Å²) in [6, 6.07) is 3.82. The van der Waals surface area contributed by atoms with Crippen molar-refractivity contribution in [3.63, 3.8) is 0 Å². The molecule has 0 bridgehead atoms. The van der Waals surface area contributed by atoms with Gasteiger partial charge in [0.2, 0.25) is 0 Å². The van der Waals surface area contributed by atoms with E-state index in [-0.39, 0.29) is 0 Å². The lowest BCUT2D eigenvalue weighted by Crippen LogP contribution is -1.69. The Hall–Kier alpha value is -1.63. The molecule has 0 fully saturated rings. The third-order valence-electron chi connectivity index (χ3n) is 1.29. The van der Waals surface area contributed by atoms with E-state index in [9.17, 15) is 0 Å². The number of nitrogens with zero attached hydrogens (tertiary/aromatic N) is 1. The average Bonchev–Trinajstić information content (AvgIpc) is 2.20. The Morgan fingerprint density at radius 3 is 2.00 bits per heavy atom. The standard InChI is InChI=1S/C7H7N.C5H8/c1-2-7-3-5-8-6-4-7;1-4-5(2)3/h2-6H,1H2;4H,1-2H2,3H3. The quantitative estimate of drug-likeness (QED) is 0.624. The van der Waals surface area contributed by atoms with Gasteiger partial charge < -0.3 is 0 Å². The Morgan fingerprint density at radius 2 is 1.77 bits per heavy atom. The van der Waals surface area contributed by atoms with Crippen LogP contribution in [-0.2, 0) is 0 Å². The second kappa shape index (κ2) is 7.04. The van der Waals surface area contributed by atoms with Crippen LogP contribution >= 0.6 is 0 Å². The molecule has 1 aromatic rings. The van der Waals surface area contributed by atoms with E-state index in [0.29, 0.717) is 0 Å². The second-order valence-corrected chi connectivity index (χ2v) is 2.54. The van der Waals surface area contributed by atoms with Crippen LogP contribution < -0.4 is 0 Å². The van der Waals surface area contributed by atoms with E-state index in [1.807, 2.05) is 19.1 Å². The van der Waals surface area contributed by atoms with E-state index < -0.39 is 0 Å². The molecular weight excluding hydrogens is 158 g/mol. The molecular formula is C12H15N. The topological polar surface area (TPSA) is 12.9 Å². The van der Waals surface area contributed by atoms with Gasteiger partial charge in [0.1, 0.15) is 0 Å². The first-order valence-electron chi connectivity index (χ1n) is 4.01. The van der Waals surface area contributed by atoms with Crippen molar-refractivity contribution in [2.24, 2.45) is 0 Å². The summed E-state index contributed by atoms with van der Waals surface area (Å²) in [4.78, 5) is 3.85. The second-order valence-electron chi connectivity index (χ2n) is 2.54. The van der Waals surface area contributed by atoms with Gasteiger partial charge in [-0.05, 0) is 24.6 Å². The third-order valence-corrected chi connectivity index (χ3v) is 1.29. The van der Waals surface area contributed by atoms with Crippen LogP contribution in [0.2, 0.25) is 0 Å². The Bertz CT molecular complexity index is 272. The van der Waals surface area contributed by atoms with E-state index >= 15 is 0 Å². The number of rotatable bonds is 2. The first-order chi connectivity index (χ1) is 6.20. The van der Waals surface area contributed by atoms with Crippen molar-refractivity contribution in [3.05, 3.63) is 61.5 Å². The summed E-state index contributed by atoms with van der Waals surface area (Å²) in [6.07, 6.45) is 7.01. The maximum Gasteiger partial charge on any atom is 0.0273 e. The lowest BCUT2D eigenvalue weighted by atomic mass is 10.3. The van der Waals surface area contributed by atoms with Crippen LogP contribution in [0.1, 0.15) is 12.5 Å². The highest BCUT2D eigenvalue weighted by molar-refractivity contribution is 5.44. The molecule has 0 saturated heterocycles. The summed E-state index contributed by atoms with van der Waals surface area (Å²) in [7, 11) is 0. The van der Waals surface area contributed by atoms with Crippen LogP contribution in [0, 0.1) is 0 Å². The summed E-state index contributed by atoms with van der Waals surface area (Å²) in [6.45, 7) is 12.5. The molecule has 1 aromatic heterocycles. The van der Waals surface area contributed by atoms with E-state index in [2.05, 4.69) is 24.7 Å². The van der Waals surface area contributed by atoms with Crippen molar-refractivity contribution in [1.29, 1.82) is 0 Å². The molecule has 0 radical (unpaired) electrons. The molecule has 1 heterocycles. The van der Waals surface area contributed by atoms with Crippen molar-refractivity contribution >= 4 is 6.08 Å². The van der Waals surface area contributed by atoms with Crippen LogP contribution in [0.4, 0.5) is 0 Å². The average molecular weight is 173 g/mol. The van der Waals surface area contributed by atoms with Gasteiger partial charge in [-0.25, -0.2) is 0 Å². The molecule has 0 aliphatic carbocycles. The fourth-order valence-electron chi connectivity index (χ4n) is 0.500. The Morgan fingerprint density at radius 1 is 1.31 bits per heavy atom. The van der Waals surface area contributed by atoms with E-state index in [1.165, 1.54) is 0 Å². The molecule has 1 nitrogen and oxygen atoms in total.